The third kappa shape index (κ3) is 4.92. The van der Waals surface area contributed by atoms with Gasteiger partial charge in [0.2, 0.25) is 5.91 Å². The molecular formula is C24H22ClFN2O2. The number of carbonyl (C=O) groups excluding carboxylic acids is 2. The molecule has 0 aliphatic heterocycles. The van der Waals surface area contributed by atoms with E-state index in [2.05, 4.69) is 4.98 Å². The van der Waals surface area contributed by atoms with Crippen LogP contribution in [0.5, 0.6) is 0 Å². The van der Waals surface area contributed by atoms with Crippen molar-refractivity contribution in [1.82, 2.24) is 4.98 Å². The van der Waals surface area contributed by atoms with Gasteiger partial charge in [0.05, 0.1) is 0 Å². The summed E-state index contributed by atoms with van der Waals surface area (Å²) in [6.45, 7) is 1.76. The molecule has 1 amide bonds. The van der Waals surface area contributed by atoms with Gasteiger partial charge in [0.15, 0.2) is 5.78 Å². The van der Waals surface area contributed by atoms with Crippen molar-refractivity contribution in [3.05, 3.63) is 82.9 Å². The van der Waals surface area contributed by atoms with Crippen LogP contribution in [0, 0.1) is 5.82 Å². The van der Waals surface area contributed by atoms with E-state index in [1.807, 2.05) is 6.07 Å². The van der Waals surface area contributed by atoms with Gasteiger partial charge in [-0.05, 0) is 41.8 Å². The number of pyridine rings is 1. The largest absolute Gasteiger partial charge is 0.315 e. The molecule has 154 valence electrons. The van der Waals surface area contributed by atoms with E-state index in [1.165, 1.54) is 11.0 Å². The number of amides is 1. The molecule has 0 radical (unpaired) electrons. The van der Waals surface area contributed by atoms with Gasteiger partial charge in [0.1, 0.15) is 11.0 Å². The molecule has 0 atom stereocenters. The molecule has 0 N–H and O–H groups in total. The normalized spacial score (nSPS) is 10.7. The summed E-state index contributed by atoms with van der Waals surface area (Å²) in [6.07, 6.45) is 2.78. The molecule has 0 bridgehead atoms. The molecule has 2 aromatic carbocycles. The zero-order valence-electron chi connectivity index (χ0n) is 16.9. The maximum atomic E-state index is 14.6. The summed E-state index contributed by atoms with van der Waals surface area (Å²) in [4.78, 5) is 29.7. The van der Waals surface area contributed by atoms with Crippen LogP contribution in [0.15, 0.2) is 60.8 Å². The number of rotatable bonds is 7. The Hall–Kier alpha value is -3.05. The van der Waals surface area contributed by atoms with Crippen molar-refractivity contribution in [3.8, 4) is 11.1 Å². The quantitative estimate of drug-likeness (QED) is 0.359. The maximum absolute atomic E-state index is 14.6. The summed E-state index contributed by atoms with van der Waals surface area (Å²) in [7, 11) is 1.62. The Kier molecular flexibility index (Phi) is 6.95. The minimum atomic E-state index is -0.423. The first-order chi connectivity index (χ1) is 14.4. The molecule has 0 unspecified atom stereocenters. The fourth-order valence-electron chi connectivity index (χ4n) is 3.16. The van der Waals surface area contributed by atoms with E-state index >= 15 is 0 Å². The zero-order chi connectivity index (χ0) is 21.7. The Morgan fingerprint density at radius 2 is 1.83 bits per heavy atom. The summed E-state index contributed by atoms with van der Waals surface area (Å²) in [6, 6.07) is 15.2. The van der Waals surface area contributed by atoms with Crippen LogP contribution in [-0.4, -0.2) is 23.7 Å². The molecule has 1 aromatic heterocycles. The zero-order valence-corrected chi connectivity index (χ0v) is 17.6. The molecule has 0 aliphatic carbocycles. The third-order valence-electron chi connectivity index (χ3n) is 4.99. The smallest absolute Gasteiger partial charge is 0.226 e. The molecule has 4 nitrogen and oxygen atoms in total. The van der Waals surface area contributed by atoms with Crippen molar-refractivity contribution >= 4 is 29.0 Å². The first kappa shape index (κ1) is 21.7. The Balaban J connectivity index is 1.71. The van der Waals surface area contributed by atoms with Gasteiger partial charge in [-0.1, -0.05) is 48.9 Å². The van der Waals surface area contributed by atoms with E-state index in [9.17, 15) is 14.0 Å². The molecule has 30 heavy (non-hydrogen) atoms. The lowest BCUT2D eigenvalue weighted by atomic mass is 9.99. The number of anilines is 1. The molecule has 1 heterocycles. The van der Waals surface area contributed by atoms with Crippen molar-refractivity contribution < 1.29 is 14.0 Å². The van der Waals surface area contributed by atoms with Crippen LogP contribution in [0.3, 0.4) is 0 Å². The van der Waals surface area contributed by atoms with Crippen molar-refractivity contribution in [2.24, 2.45) is 0 Å². The highest BCUT2D eigenvalue weighted by Crippen LogP contribution is 2.27. The fraction of sp³-hybridized carbons (Fsp3) is 0.208. The van der Waals surface area contributed by atoms with Gasteiger partial charge in [0, 0.05) is 42.9 Å². The summed E-state index contributed by atoms with van der Waals surface area (Å²) in [5, 5.41) is 0.408. The molecule has 0 aliphatic rings. The number of aryl methyl sites for hydroxylation is 1. The first-order valence-corrected chi connectivity index (χ1v) is 10.1. The Morgan fingerprint density at radius 1 is 1.10 bits per heavy atom. The number of hydrogen-bond donors (Lipinski definition) is 0. The first-order valence-electron chi connectivity index (χ1n) is 9.69. The number of Topliss-reactive ketones (excluding diaryl/α,β-unsaturated/α-hetero) is 1. The van der Waals surface area contributed by atoms with Crippen molar-refractivity contribution in [2.75, 3.05) is 11.9 Å². The van der Waals surface area contributed by atoms with Gasteiger partial charge >= 0.3 is 0 Å². The van der Waals surface area contributed by atoms with Gasteiger partial charge < -0.3 is 4.90 Å². The van der Waals surface area contributed by atoms with Gasteiger partial charge in [-0.15, -0.1) is 0 Å². The van der Waals surface area contributed by atoms with Crippen LogP contribution in [0.1, 0.15) is 35.7 Å². The summed E-state index contributed by atoms with van der Waals surface area (Å²) >= 11 is 6.03. The predicted molar refractivity (Wildman–Crippen MR) is 117 cm³/mol. The Morgan fingerprint density at radius 3 is 2.47 bits per heavy atom. The van der Waals surface area contributed by atoms with Crippen molar-refractivity contribution in [1.29, 1.82) is 0 Å². The van der Waals surface area contributed by atoms with E-state index in [0.29, 0.717) is 46.8 Å². The molecule has 0 spiro atoms. The highest BCUT2D eigenvalue weighted by molar-refractivity contribution is 6.30. The van der Waals surface area contributed by atoms with Gasteiger partial charge in [-0.25, -0.2) is 9.37 Å². The number of ketones is 1. The summed E-state index contributed by atoms with van der Waals surface area (Å²) in [5.41, 5.74) is 2.97. The van der Waals surface area contributed by atoms with E-state index in [-0.39, 0.29) is 11.7 Å². The van der Waals surface area contributed by atoms with Gasteiger partial charge in [-0.2, -0.15) is 0 Å². The lowest BCUT2D eigenvalue weighted by molar-refractivity contribution is -0.118. The number of aromatic nitrogens is 1. The molecule has 6 heteroatoms. The van der Waals surface area contributed by atoms with Crippen LogP contribution in [0.4, 0.5) is 10.1 Å². The highest BCUT2D eigenvalue weighted by atomic mass is 35.5. The van der Waals surface area contributed by atoms with Crippen LogP contribution >= 0.6 is 11.6 Å². The van der Waals surface area contributed by atoms with E-state index in [4.69, 9.17) is 11.6 Å². The molecule has 3 aromatic rings. The van der Waals surface area contributed by atoms with Gasteiger partial charge in [0.25, 0.3) is 0 Å². The van der Waals surface area contributed by atoms with Crippen LogP contribution in [0.2, 0.25) is 5.15 Å². The minimum Gasteiger partial charge on any atom is -0.315 e. The number of benzene rings is 2. The molecular weight excluding hydrogens is 403 g/mol. The molecule has 0 saturated heterocycles. The lowest BCUT2D eigenvalue weighted by Crippen LogP contribution is -2.25. The Bertz CT molecular complexity index is 1070. The second kappa shape index (κ2) is 9.63. The summed E-state index contributed by atoms with van der Waals surface area (Å²) < 4.78 is 14.6. The number of carbonyl (C=O) groups is 2. The van der Waals surface area contributed by atoms with E-state index in [0.717, 1.165) is 5.56 Å². The SMILES string of the molecule is CCC(=O)N(C)c1ccc(-c2ccc(C(=O)CCc3cccnc3Cl)cc2)c(F)c1. The maximum Gasteiger partial charge on any atom is 0.226 e. The van der Waals surface area contributed by atoms with Crippen molar-refractivity contribution in [3.63, 3.8) is 0 Å². The Labute approximate surface area is 180 Å². The summed E-state index contributed by atoms with van der Waals surface area (Å²) in [5.74, 6) is -0.525. The average molecular weight is 425 g/mol. The average Bonchev–Trinajstić information content (AvgIpc) is 2.77. The van der Waals surface area contributed by atoms with E-state index < -0.39 is 5.82 Å². The number of halogens is 2. The second-order valence-electron chi connectivity index (χ2n) is 6.92. The van der Waals surface area contributed by atoms with E-state index in [1.54, 1.807) is 62.6 Å². The standard InChI is InChI=1S/C24H22ClFN2O2/c1-3-23(30)28(2)19-11-12-20(21(26)15-19)16-6-8-17(9-7-16)22(29)13-10-18-5-4-14-27-24(18)25/h4-9,11-12,14-15H,3,10,13H2,1-2H3. The molecule has 0 saturated carbocycles. The predicted octanol–water partition coefficient (Wildman–Crippen LogP) is 5.73. The number of hydrogen-bond acceptors (Lipinski definition) is 3. The van der Waals surface area contributed by atoms with Gasteiger partial charge in [-0.3, -0.25) is 9.59 Å². The van der Waals surface area contributed by atoms with Crippen LogP contribution < -0.4 is 4.90 Å². The van der Waals surface area contributed by atoms with Crippen LogP contribution in [-0.2, 0) is 11.2 Å². The minimum absolute atomic E-state index is 0.0167. The molecule has 0 fully saturated rings. The monoisotopic (exact) mass is 424 g/mol. The molecule has 3 rings (SSSR count). The van der Waals surface area contributed by atoms with Crippen molar-refractivity contribution in [2.45, 2.75) is 26.2 Å². The fourth-order valence-corrected chi connectivity index (χ4v) is 3.38. The third-order valence-corrected chi connectivity index (χ3v) is 5.33. The topological polar surface area (TPSA) is 50.3 Å². The second-order valence-corrected chi connectivity index (χ2v) is 7.28. The lowest BCUT2D eigenvalue weighted by Gasteiger charge is -2.17. The number of nitrogens with zero attached hydrogens (tertiary/aromatic N) is 2. The van der Waals surface area contributed by atoms with Crippen LogP contribution in [0.25, 0.3) is 11.1 Å². The highest BCUT2D eigenvalue weighted by Gasteiger charge is 2.13.